The van der Waals surface area contributed by atoms with Crippen molar-refractivity contribution in [3.05, 3.63) is 65.2 Å². The normalized spacial score (nSPS) is 13.5. The van der Waals surface area contributed by atoms with Crippen LogP contribution in [-0.2, 0) is 16.4 Å². The smallest absolute Gasteiger partial charge is 0.206 e. The number of aromatic nitrogens is 2. The summed E-state index contributed by atoms with van der Waals surface area (Å²) in [6, 6.07) is 8.20. The molecule has 3 rings (SSSR count). The first kappa shape index (κ1) is 25.6. The van der Waals surface area contributed by atoms with Crippen LogP contribution in [0.1, 0.15) is 0 Å². The van der Waals surface area contributed by atoms with Gasteiger partial charge in [-0.1, -0.05) is 23.2 Å². The summed E-state index contributed by atoms with van der Waals surface area (Å²) in [5.41, 5.74) is 0. The highest BCUT2D eigenvalue weighted by molar-refractivity contribution is 7.91. The SMILES string of the molecule is O=S(=O)(c1ccc(OC[C@@H](O)Cn2ccnc2)cc1)c1cc(Cl)c(OC[C@@H](O)CCl)c(Cl)c1. The zero-order chi connectivity index (χ0) is 24.0. The van der Waals surface area contributed by atoms with Gasteiger partial charge in [0.25, 0.3) is 0 Å². The van der Waals surface area contributed by atoms with Gasteiger partial charge in [-0.05, 0) is 36.4 Å². The predicted octanol–water partition coefficient (Wildman–Crippen LogP) is 3.44. The average Bonchev–Trinajstić information content (AvgIpc) is 3.30. The molecule has 0 aliphatic carbocycles. The second kappa shape index (κ2) is 11.4. The van der Waals surface area contributed by atoms with Crippen LogP contribution in [0.3, 0.4) is 0 Å². The minimum absolute atomic E-state index is 0.00665. The van der Waals surface area contributed by atoms with Crippen LogP contribution in [0.5, 0.6) is 11.5 Å². The number of sulfone groups is 1. The van der Waals surface area contributed by atoms with Crippen molar-refractivity contribution in [2.24, 2.45) is 0 Å². The van der Waals surface area contributed by atoms with Gasteiger partial charge in [-0.15, -0.1) is 11.6 Å². The molecule has 0 saturated carbocycles. The van der Waals surface area contributed by atoms with E-state index in [0.717, 1.165) is 0 Å². The van der Waals surface area contributed by atoms with E-state index in [1.807, 2.05) is 0 Å². The number of hydrogen-bond acceptors (Lipinski definition) is 7. The van der Waals surface area contributed by atoms with Crippen molar-refractivity contribution in [2.75, 3.05) is 19.1 Å². The third-order valence-electron chi connectivity index (χ3n) is 4.44. The lowest BCUT2D eigenvalue weighted by Gasteiger charge is -2.14. The summed E-state index contributed by atoms with van der Waals surface area (Å²) in [5.74, 6) is 0.418. The van der Waals surface area contributed by atoms with Crippen LogP contribution in [0.25, 0.3) is 0 Å². The molecular weight excluding hydrogens is 515 g/mol. The molecule has 1 aromatic heterocycles. The molecule has 8 nitrogen and oxygen atoms in total. The monoisotopic (exact) mass is 534 g/mol. The number of hydrogen-bond donors (Lipinski definition) is 2. The van der Waals surface area contributed by atoms with Gasteiger partial charge in [-0.2, -0.15) is 0 Å². The molecule has 2 atom stereocenters. The molecule has 0 aliphatic heterocycles. The second-order valence-electron chi connectivity index (χ2n) is 7.03. The molecule has 0 spiro atoms. The van der Waals surface area contributed by atoms with Gasteiger partial charge in [0.15, 0.2) is 5.75 Å². The van der Waals surface area contributed by atoms with Crippen LogP contribution >= 0.6 is 34.8 Å². The number of imidazole rings is 1. The second-order valence-corrected chi connectivity index (χ2v) is 10.1. The van der Waals surface area contributed by atoms with Gasteiger partial charge in [0.2, 0.25) is 9.84 Å². The van der Waals surface area contributed by atoms with E-state index in [9.17, 15) is 18.6 Å². The highest BCUT2D eigenvalue weighted by atomic mass is 35.5. The quantitative estimate of drug-likeness (QED) is 0.362. The van der Waals surface area contributed by atoms with E-state index in [0.29, 0.717) is 12.3 Å². The molecule has 0 unspecified atom stereocenters. The Kier molecular flexibility index (Phi) is 8.86. The van der Waals surface area contributed by atoms with Crippen LogP contribution < -0.4 is 9.47 Å². The minimum atomic E-state index is -3.93. The molecule has 0 bridgehead atoms. The van der Waals surface area contributed by atoms with Gasteiger partial charge in [0.1, 0.15) is 31.2 Å². The van der Waals surface area contributed by atoms with Gasteiger partial charge in [0.05, 0.1) is 38.6 Å². The number of aliphatic hydroxyl groups excluding tert-OH is 2. The Bertz CT molecular complexity index is 1130. The first-order chi connectivity index (χ1) is 15.7. The first-order valence-corrected chi connectivity index (χ1v) is 12.5. The van der Waals surface area contributed by atoms with E-state index >= 15 is 0 Å². The Morgan fingerprint density at radius 2 is 1.61 bits per heavy atom. The fraction of sp³-hybridized carbons (Fsp3) is 0.286. The van der Waals surface area contributed by atoms with Crippen LogP contribution in [0.15, 0.2) is 64.9 Å². The summed E-state index contributed by atoms with van der Waals surface area (Å²) in [4.78, 5) is 3.79. The number of halogens is 3. The highest BCUT2D eigenvalue weighted by Gasteiger charge is 2.22. The highest BCUT2D eigenvalue weighted by Crippen LogP contribution is 2.37. The van der Waals surface area contributed by atoms with E-state index in [1.165, 1.54) is 36.4 Å². The summed E-state index contributed by atoms with van der Waals surface area (Å²) < 4.78 is 38.6. The first-order valence-electron chi connectivity index (χ1n) is 9.68. The summed E-state index contributed by atoms with van der Waals surface area (Å²) in [6.07, 6.45) is 3.24. The van der Waals surface area contributed by atoms with Crippen LogP contribution in [0.4, 0.5) is 0 Å². The van der Waals surface area contributed by atoms with E-state index in [1.54, 1.807) is 23.3 Å². The molecule has 2 N–H and O–H groups in total. The molecule has 0 saturated heterocycles. The van der Waals surface area contributed by atoms with Crippen LogP contribution in [-0.4, -0.2) is 59.5 Å². The lowest BCUT2D eigenvalue weighted by Crippen LogP contribution is -2.23. The zero-order valence-corrected chi connectivity index (χ0v) is 20.2. The van der Waals surface area contributed by atoms with Crippen molar-refractivity contribution in [1.82, 2.24) is 9.55 Å². The topological polar surface area (TPSA) is 111 Å². The van der Waals surface area contributed by atoms with E-state index in [2.05, 4.69) is 4.98 Å². The molecule has 0 radical (unpaired) electrons. The van der Waals surface area contributed by atoms with Gasteiger partial charge in [-0.3, -0.25) is 0 Å². The van der Waals surface area contributed by atoms with Crippen LogP contribution in [0.2, 0.25) is 10.0 Å². The number of benzene rings is 2. The fourth-order valence-corrected chi connectivity index (χ4v) is 4.92. The number of rotatable bonds is 11. The maximum absolute atomic E-state index is 13.0. The maximum atomic E-state index is 13.0. The summed E-state index contributed by atoms with van der Waals surface area (Å²) in [6.45, 7) is 0.196. The molecular formula is C21H21Cl3N2O6S. The molecule has 0 aliphatic rings. The fourth-order valence-electron chi connectivity index (χ4n) is 2.79. The average molecular weight is 536 g/mol. The molecule has 1 heterocycles. The van der Waals surface area contributed by atoms with Gasteiger partial charge in [0, 0.05) is 12.4 Å². The molecule has 3 aromatic rings. The molecule has 12 heteroatoms. The van der Waals surface area contributed by atoms with Crippen LogP contribution in [0, 0.1) is 0 Å². The molecule has 2 aromatic carbocycles. The maximum Gasteiger partial charge on any atom is 0.206 e. The molecule has 33 heavy (non-hydrogen) atoms. The largest absolute Gasteiger partial charge is 0.491 e. The molecule has 0 amide bonds. The predicted molar refractivity (Wildman–Crippen MR) is 124 cm³/mol. The lowest BCUT2D eigenvalue weighted by atomic mass is 10.3. The van der Waals surface area contributed by atoms with E-state index in [-0.39, 0.29) is 44.7 Å². The summed E-state index contributed by atoms with van der Waals surface area (Å²) in [5, 5.41) is 19.5. The Morgan fingerprint density at radius 3 is 2.18 bits per heavy atom. The number of ether oxygens (including phenoxy) is 2. The van der Waals surface area contributed by atoms with Crippen molar-refractivity contribution in [3.63, 3.8) is 0 Å². The van der Waals surface area contributed by atoms with Crippen molar-refractivity contribution < 1.29 is 28.1 Å². The molecule has 0 fully saturated rings. The van der Waals surface area contributed by atoms with Crippen molar-refractivity contribution in [2.45, 2.75) is 28.5 Å². The van der Waals surface area contributed by atoms with Crippen molar-refractivity contribution >= 4 is 44.6 Å². The Morgan fingerprint density at radius 1 is 0.970 bits per heavy atom. The third-order valence-corrected chi connectivity index (χ3v) is 7.10. The summed E-state index contributed by atoms with van der Waals surface area (Å²) in [7, 11) is -3.93. The Hall–Kier alpha value is -2.01. The Labute approximate surface area is 206 Å². The summed E-state index contributed by atoms with van der Waals surface area (Å²) >= 11 is 17.9. The van der Waals surface area contributed by atoms with E-state index in [4.69, 9.17) is 44.3 Å². The lowest BCUT2D eigenvalue weighted by molar-refractivity contribution is 0.0924. The third kappa shape index (κ3) is 6.75. The standard InChI is InChI=1S/C21H21Cl3N2O6S/c22-9-14(27)11-32-21-19(23)7-18(8-20(21)24)33(29,30)17-3-1-16(2-4-17)31-12-15(28)10-26-6-5-25-13-26/h1-8,13-15,27-28H,9-12H2/t14-,15-/m0/s1. The Balaban J connectivity index is 1.68. The number of alkyl halides is 1. The number of aliphatic hydroxyl groups is 2. The zero-order valence-electron chi connectivity index (χ0n) is 17.1. The van der Waals surface area contributed by atoms with Gasteiger partial charge < -0.3 is 24.3 Å². The minimum Gasteiger partial charge on any atom is -0.491 e. The van der Waals surface area contributed by atoms with Gasteiger partial charge >= 0.3 is 0 Å². The molecule has 178 valence electrons. The van der Waals surface area contributed by atoms with E-state index < -0.39 is 22.0 Å². The van der Waals surface area contributed by atoms with Crippen molar-refractivity contribution in [1.29, 1.82) is 0 Å². The van der Waals surface area contributed by atoms with Crippen molar-refractivity contribution in [3.8, 4) is 11.5 Å². The number of nitrogens with zero attached hydrogens (tertiary/aromatic N) is 2. The van der Waals surface area contributed by atoms with Gasteiger partial charge in [-0.25, -0.2) is 13.4 Å².